The summed E-state index contributed by atoms with van der Waals surface area (Å²) in [6.45, 7) is 1.48. The van der Waals surface area contributed by atoms with Crippen molar-refractivity contribution in [2.24, 2.45) is 5.92 Å². The molecule has 0 saturated heterocycles. The SMILES string of the molecule is COC(=O)C(SC(C)=O)C1CC1. The van der Waals surface area contributed by atoms with Crippen LogP contribution in [0, 0.1) is 5.92 Å². The van der Waals surface area contributed by atoms with Crippen LogP contribution in [0.2, 0.25) is 0 Å². The summed E-state index contributed by atoms with van der Waals surface area (Å²) in [5.74, 6) is 0.101. The van der Waals surface area contributed by atoms with Crippen molar-refractivity contribution in [1.29, 1.82) is 0 Å². The quantitative estimate of drug-likeness (QED) is 0.624. The first-order chi connectivity index (χ1) is 5.65. The van der Waals surface area contributed by atoms with Crippen LogP contribution in [0.15, 0.2) is 0 Å². The summed E-state index contributed by atoms with van der Waals surface area (Å²) in [7, 11) is 1.36. The van der Waals surface area contributed by atoms with Crippen molar-refractivity contribution >= 4 is 22.8 Å². The van der Waals surface area contributed by atoms with Gasteiger partial charge in [-0.2, -0.15) is 0 Å². The lowest BCUT2D eigenvalue weighted by molar-refractivity contribution is -0.140. The Labute approximate surface area is 75.8 Å². The van der Waals surface area contributed by atoms with Gasteiger partial charge in [0.15, 0.2) is 5.12 Å². The number of methoxy groups -OCH3 is 1. The number of hydrogen-bond acceptors (Lipinski definition) is 4. The molecular formula is C8H12O3S. The minimum Gasteiger partial charge on any atom is -0.468 e. The van der Waals surface area contributed by atoms with E-state index >= 15 is 0 Å². The maximum absolute atomic E-state index is 11.1. The monoisotopic (exact) mass is 188 g/mol. The van der Waals surface area contributed by atoms with Crippen LogP contribution in [0.4, 0.5) is 0 Å². The Balaban J connectivity index is 2.48. The Morgan fingerprint density at radius 2 is 2.08 bits per heavy atom. The Bertz CT molecular complexity index is 198. The number of rotatable bonds is 3. The molecule has 4 heteroatoms. The molecule has 0 amide bonds. The molecule has 1 aliphatic rings. The lowest BCUT2D eigenvalue weighted by Crippen LogP contribution is -2.22. The molecule has 1 rings (SSSR count). The number of carbonyl (C=O) groups is 2. The van der Waals surface area contributed by atoms with Gasteiger partial charge in [-0.25, -0.2) is 0 Å². The average molecular weight is 188 g/mol. The zero-order chi connectivity index (χ0) is 9.14. The summed E-state index contributed by atoms with van der Waals surface area (Å²) in [6.07, 6.45) is 2.08. The lowest BCUT2D eigenvalue weighted by atomic mass is 10.3. The van der Waals surface area contributed by atoms with E-state index in [4.69, 9.17) is 0 Å². The third-order valence-electron chi connectivity index (χ3n) is 1.78. The Morgan fingerprint density at radius 3 is 2.42 bits per heavy atom. The molecule has 68 valence electrons. The largest absolute Gasteiger partial charge is 0.468 e. The van der Waals surface area contributed by atoms with Gasteiger partial charge in [0.05, 0.1) is 7.11 Å². The van der Waals surface area contributed by atoms with Gasteiger partial charge < -0.3 is 4.74 Å². The van der Waals surface area contributed by atoms with Crippen LogP contribution in [0.25, 0.3) is 0 Å². The molecular weight excluding hydrogens is 176 g/mol. The first-order valence-corrected chi connectivity index (χ1v) is 4.78. The van der Waals surface area contributed by atoms with E-state index in [0.717, 1.165) is 24.6 Å². The normalized spacial score (nSPS) is 18.5. The molecule has 0 heterocycles. The van der Waals surface area contributed by atoms with Gasteiger partial charge in [0.2, 0.25) is 0 Å². The minimum atomic E-state index is -0.266. The van der Waals surface area contributed by atoms with E-state index in [1.54, 1.807) is 0 Å². The fourth-order valence-corrected chi connectivity index (χ4v) is 2.05. The summed E-state index contributed by atoms with van der Waals surface area (Å²) in [4.78, 5) is 21.9. The topological polar surface area (TPSA) is 43.4 Å². The van der Waals surface area contributed by atoms with E-state index in [-0.39, 0.29) is 16.3 Å². The summed E-state index contributed by atoms with van der Waals surface area (Å²) < 4.78 is 4.60. The van der Waals surface area contributed by atoms with Gasteiger partial charge in [0, 0.05) is 6.92 Å². The average Bonchev–Trinajstić information content (AvgIpc) is 2.81. The van der Waals surface area contributed by atoms with E-state index in [1.165, 1.54) is 14.0 Å². The second kappa shape index (κ2) is 3.94. The Morgan fingerprint density at radius 1 is 1.50 bits per heavy atom. The van der Waals surface area contributed by atoms with Gasteiger partial charge >= 0.3 is 5.97 Å². The highest BCUT2D eigenvalue weighted by atomic mass is 32.2. The van der Waals surface area contributed by atoms with Crippen molar-refractivity contribution in [2.75, 3.05) is 7.11 Å². The molecule has 1 atom stereocenters. The van der Waals surface area contributed by atoms with Crippen LogP contribution in [0.1, 0.15) is 19.8 Å². The molecule has 12 heavy (non-hydrogen) atoms. The number of carbonyl (C=O) groups excluding carboxylic acids is 2. The lowest BCUT2D eigenvalue weighted by Gasteiger charge is -2.10. The van der Waals surface area contributed by atoms with Gasteiger partial charge in [-0.1, -0.05) is 11.8 Å². The Hall–Kier alpha value is -0.510. The molecule has 0 bridgehead atoms. The number of esters is 1. The first-order valence-electron chi connectivity index (χ1n) is 3.90. The van der Waals surface area contributed by atoms with Crippen LogP contribution < -0.4 is 0 Å². The van der Waals surface area contributed by atoms with Crippen LogP contribution in [-0.4, -0.2) is 23.4 Å². The first kappa shape index (κ1) is 9.58. The predicted molar refractivity (Wildman–Crippen MR) is 46.8 cm³/mol. The molecule has 0 spiro atoms. The fourth-order valence-electron chi connectivity index (χ4n) is 1.03. The van der Waals surface area contributed by atoms with Crippen molar-refractivity contribution in [2.45, 2.75) is 25.0 Å². The van der Waals surface area contributed by atoms with Crippen molar-refractivity contribution in [1.82, 2.24) is 0 Å². The van der Waals surface area contributed by atoms with Crippen molar-refractivity contribution < 1.29 is 14.3 Å². The van der Waals surface area contributed by atoms with Crippen LogP contribution in [0.3, 0.4) is 0 Å². The Kier molecular flexibility index (Phi) is 3.14. The molecule has 3 nitrogen and oxygen atoms in total. The van der Waals surface area contributed by atoms with Crippen LogP contribution in [0.5, 0.6) is 0 Å². The van der Waals surface area contributed by atoms with Crippen LogP contribution >= 0.6 is 11.8 Å². The predicted octanol–water partition coefficient (Wildman–Crippen LogP) is 1.22. The molecule has 0 aromatic heterocycles. The van der Waals surface area contributed by atoms with E-state index in [9.17, 15) is 9.59 Å². The van der Waals surface area contributed by atoms with Crippen molar-refractivity contribution in [3.63, 3.8) is 0 Å². The number of ether oxygens (including phenoxy) is 1. The molecule has 0 aliphatic heterocycles. The van der Waals surface area contributed by atoms with Crippen molar-refractivity contribution in [3.05, 3.63) is 0 Å². The van der Waals surface area contributed by atoms with E-state index in [2.05, 4.69) is 4.74 Å². The second-order valence-corrected chi connectivity index (χ2v) is 4.21. The van der Waals surface area contributed by atoms with E-state index in [1.807, 2.05) is 0 Å². The molecule has 0 aromatic carbocycles. The third kappa shape index (κ3) is 2.52. The maximum Gasteiger partial charge on any atom is 0.319 e. The molecule has 1 fully saturated rings. The summed E-state index contributed by atoms with van der Waals surface area (Å²) >= 11 is 1.09. The summed E-state index contributed by atoms with van der Waals surface area (Å²) in [5.41, 5.74) is 0. The molecule has 1 aliphatic carbocycles. The molecule has 0 aromatic rings. The molecule has 0 radical (unpaired) electrons. The highest BCUT2D eigenvalue weighted by Crippen LogP contribution is 2.39. The number of thioether (sulfide) groups is 1. The highest BCUT2D eigenvalue weighted by Gasteiger charge is 2.38. The maximum atomic E-state index is 11.1. The molecule has 0 N–H and O–H groups in total. The second-order valence-electron chi connectivity index (χ2n) is 2.89. The number of hydrogen-bond donors (Lipinski definition) is 0. The molecule has 1 saturated carbocycles. The van der Waals surface area contributed by atoms with Gasteiger partial charge in [0.1, 0.15) is 5.25 Å². The van der Waals surface area contributed by atoms with E-state index < -0.39 is 0 Å². The zero-order valence-corrected chi connectivity index (χ0v) is 8.02. The van der Waals surface area contributed by atoms with Gasteiger partial charge in [-0.05, 0) is 18.8 Å². The van der Waals surface area contributed by atoms with Gasteiger partial charge in [-0.15, -0.1) is 0 Å². The highest BCUT2D eigenvalue weighted by molar-refractivity contribution is 8.14. The third-order valence-corrected chi connectivity index (χ3v) is 2.94. The van der Waals surface area contributed by atoms with Crippen LogP contribution in [-0.2, 0) is 14.3 Å². The molecule has 1 unspecified atom stereocenters. The smallest absolute Gasteiger partial charge is 0.319 e. The van der Waals surface area contributed by atoms with Crippen molar-refractivity contribution in [3.8, 4) is 0 Å². The summed E-state index contributed by atoms with van der Waals surface area (Å²) in [5, 5.41) is -0.273. The van der Waals surface area contributed by atoms with Gasteiger partial charge in [0.25, 0.3) is 0 Å². The fraction of sp³-hybridized carbons (Fsp3) is 0.750. The standard InChI is InChI=1S/C8H12O3S/c1-5(9)12-7(6-3-4-6)8(10)11-2/h6-7H,3-4H2,1-2H3. The zero-order valence-electron chi connectivity index (χ0n) is 7.20. The minimum absolute atomic E-state index is 0.0164. The van der Waals surface area contributed by atoms with Gasteiger partial charge in [-0.3, -0.25) is 9.59 Å². The van der Waals surface area contributed by atoms with E-state index in [0.29, 0.717) is 5.92 Å². The summed E-state index contributed by atoms with van der Waals surface area (Å²) in [6, 6.07) is 0.